The van der Waals surface area contributed by atoms with Crippen LogP contribution in [0.4, 0.5) is 5.69 Å². The first-order chi connectivity index (χ1) is 12.7. The molecule has 1 atom stereocenters. The van der Waals surface area contributed by atoms with Gasteiger partial charge in [-0.05, 0) is 25.0 Å². The lowest BCUT2D eigenvalue weighted by Gasteiger charge is -2.29. The Hall–Kier alpha value is -2.48. The molecule has 1 aromatic heterocycles. The van der Waals surface area contributed by atoms with Crippen LogP contribution in [0, 0.1) is 0 Å². The van der Waals surface area contributed by atoms with Crippen molar-refractivity contribution in [2.45, 2.75) is 32.2 Å². The van der Waals surface area contributed by atoms with E-state index in [1.54, 1.807) is 0 Å². The number of anilines is 1. The lowest BCUT2D eigenvalue weighted by Crippen LogP contribution is -2.43. The van der Waals surface area contributed by atoms with Crippen molar-refractivity contribution in [2.75, 3.05) is 38.1 Å². The standard InChI is InChI=1S/C11H17N3.C7H12N2O3/c1-2-10-9-11(3-4-13-10)14-7-5-12-6-8-14;1-8-7(12)6(9-5-11)3-2-4-10/h3-4,9,12H,2,5-8H2,1H3;4-6H,2-3H2,1H3,(H,8,12)(H,9,11). The number of likely N-dealkylation sites (N-methyl/N-ethyl adjacent to an activating group) is 1. The number of rotatable bonds is 8. The number of carbonyl (C=O) groups is 3. The molecule has 1 aliphatic rings. The molecule has 1 saturated heterocycles. The van der Waals surface area contributed by atoms with Crippen LogP contribution in [0.25, 0.3) is 0 Å². The molecule has 0 bridgehead atoms. The van der Waals surface area contributed by atoms with Crippen LogP contribution < -0.4 is 20.9 Å². The second kappa shape index (κ2) is 12.8. The van der Waals surface area contributed by atoms with E-state index in [1.165, 1.54) is 18.4 Å². The molecule has 0 spiro atoms. The van der Waals surface area contributed by atoms with Crippen LogP contribution in [0.5, 0.6) is 0 Å². The van der Waals surface area contributed by atoms with Gasteiger partial charge in [-0.2, -0.15) is 0 Å². The number of nitrogens with zero attached hydrogens (tertiary/aromatic N) is 2. The third-order valence-corrected chi connectivity index (χ3v) is 4.05. The molecule has 8 heteroatoms. The molecule has 2 rings (SSSR count). The SMILES string of the molecule is CCc1cc(N2CCNCC2)ccn1.CNC(=O)C(CCC=O)NC=O. The second-order valence-electron chi connectivity index (χ2n) is 5.79. The third kappa shape index (κ3) is 7.60. The second-order valence-corrected chi connectivity index (χ2v) is 5.79. The summed E-state index contributed by atoms with van der Waals surface area (Å²) in [4.78, 5) is 37.7. The van der Waals surface area contributed by atoms with E-state index in [0.29, 0.717) is 19.1 Å². The minimum atomic E-state index is -0.599. The van der Waals surface area contributed by atoms with Crippen LogP contribution in [0.1, 0.15) is 25.5 Å². The Morgan fingerprint density at radius 1 is 1.38 bits per heavy atom. The van der Waals surface area contributed by atoms with Gasteiger partial charge in [-0.15, -0.1) is 0 Å². The summed E-state index contributed by atoms with van der Waals surface area (Å²) in [5.41, 5.74) is 2.50. The minimum Gasteiger partial charge on any atom is -0.369 e. The fourth-order valence-electron chi connectivity index (χ4n) is 2.56. The van der Waals surface area contributed by atoms with Crippen molar-refractivity contribution < 1.29 is 14.4 Å². The Morgan fingerprint density at radius 3 is 2.69 bits per heavy atom. The van der Waals surface area contributed by atoms with Gasteiger partial charge in [0.25, 0.3) is 0 Å². The van der Waals surface area contributed by atoms with Gasteiger partial charge in [0.1, 0.15) is 12.3 Å². The zero-order valence-corrected chi connectivity index (χ0v) is 15.5. The number of aryl methyl sites for hydroxylation is 1. The zero-order chi connectivity index (χ0) is 19.2. The molecule has 8 nitrogen and oxygen atoms in total. The summed E-state index contributed by atoms with van der Waals surface area (Å²) in [6, 6.07) is 3.70. The van der Waals surface area contributed by atoms with E-state index in [1.807, 2.05) is 6.20 Å². The molecule has 0 aliphatic carbocycles. The van der Waals surface area contributed by atoms with Crippen molar-refractivity contribution in [2.24, 2.45) is 0 Å². The normalized spacial score (nSPS) is 14.5. The molecular weight excluding hydrogens is 334 g/mol. The highest BCUT2D eigenvalue weighted by Crippen LogP contribution is 2.15. The number of aromatic nitrogens is 1. The quantitative estimate of drug-likeness (QED) is 0.557. The molecule has 1 fully saturated rings. The molecule has 1 aliphatic heterocycles. The molecule has 0 aromatic carbocycles. The number of hydrogen-bond donors (Lipinski definition) is 3. The average molecular weight is 363 g/mol. The first kappa shape index (κ1) is 21.6. The fraction of sp³-hybridized carbons (Fsp3) is 0.556. The van der Waals surface area contributed by atoms with E-state index in [4.69, 9.17) is 0 Å². The molecule has 144 valence electrons. The van der Waals surface area contributed by atoms with E-state index < -0.39 is 6.04 Å². The molecule has 1 unspecified atom stereocenters. The van der Waals surface area contributed by atoms with Crippen LogP contribution in [0.3, 0.4) is 0 Å². The largest absolute Gasteiger partial charge is 0.369 e. The van der Waals surface area contributed by atoms with Crippen molar-refractivity contribution in [1.82, 2.24) is 20.9 Å². The third-order valence-electron chi connectivity index (χ3n) is 4.05. The zero-order valence-electron chi connectivity index (χ0n) is 15.5. The van der Waals surface area contributed by atoms with E-state index in [-0.39, 0.29) is 12.3 Å². The van der Waals surface area contributed by atoms with Crippen molar-refractivity contribution in [3.8, 4) is 0 Å². The highest BCUT2D eigenvalue weighted by molar-refractivity contribution is 5.83. The molecule has 1 aromatic rings. The molecule has 2 heterocycles. The van der Waals surface area contributed by atoms with Crippen molar-refractivity contribution >= 4 is 24.3 Å². The highest BCUT2D eigenvalue weighted by Gasteiger charge is 2.14. The Kier molecular flexibility index (Phi) is 10.6. The van der Waals surface area contributed by atoms with E-state index in [2.05, 4.69) is 44.9 Å². The van der Waals surface area contributed by atoms with Crippen molar-refractivity contribution in [3.63, 3.8) is 0 Å². The summed E-state index contributed by atoms with van der Waals surface area (Å²) in [6.07, 6.45) is 4.68. The number of amides is 2. The maximum atomic E-state index is 11.0. The van der Waals surface area contributed by atoms with Crippen LogP contribution >= 0.6 is 0 Å². The molecular formula is C18H29N5O3. The smallest absolute Gasteiger partial charge is 0.242 e. The fourth-order valence-corrected chi connectivity index (χ4v) is 2.56. The molecule has 0 saturated carbocycles. The first-order valence-corrected chi connectivity index (χ1v) is 8.91. The summed E-state index contributed by atoms with van der Waals surface area (Å²) in [7, 11) is 1.47. The predicted molar refractivity (Wildman–Crippen MR) is 101 cm³/mol. The van der Waals surface area contributed by atoms with Gasteiger partial charge in [-0.3, -0.25) is 14.6 Å². The number of hydrogen-bond acceptors (Lipinski definition) is 6. The van der Waals surface area contributed by atoms with Gasteiger partial charge in [-0.1, -0.05) is 6.92 Å². The van der Waals surface area contributed by atoms with Crippen LogP contribution in [0.2, 0.25) is 0 Å². The monoisotopic (exact) mass is 363 g/mol. The molecule has 0 radical (unpaired) electrons. The number of pyridine rings is 1. The van der Waals surface area contributed by atoms with Gasteiger partial charge >= 0.3 is 0 Å². The lowest BCUT2D eigenvalue weighted by atomic mass is 10.1. The number of piperazine rings is 1. The first-order valence-electron chi connectivity index (χ1n) is 8.91. The number of aldehydes is 1. The van der Waals surface area contributed by atoms with E-state index >= 15 is 0 Å². The summed E-state index contributed by atoms with van der Waals surface area (Å²) in [5, 5.41) is 8.05. The van der Waals surface area contributed by atoms with Gasteiger partial charge in [0.2, 0.25) is 12.3 Å². The summed E-state index contributed by atoms with van der Waals surface area (Å²) >= 11 is 0. The Balaban J connectivity index is 0.000000265. The van der Waals surface area contributed by atoms with Gasteiger partial charge in [0.15, 0.2) is 0 Å². The Bertz CT molecular complexity index is 562. The topological polar surface area (TPSA) is 103 Å². The van der Waals surface area contributed by atoms with Crippen molar-refractivity contribution in [3.05, 3.63) is 24.0 Å². The number of carbonyl (C=O) groups excluding carboxylic acids is 3. The van der Waals surface area contributed by atoms with Crippen molar-refractivity contribution in [1.29, 1.82) is 0 Å². The predicted octanol–water partition coefficient (Wildman–Crippen LogP) is -0.120. The van der Waals surface area contributed by atoms with Crippen LogP contribution in [-0.2, 0) is 20.8 Å². The minimum absolute atomic E-state index is 0.263. The van der Waals surface area contributed by atoms with Gasteiger partial charge < -0.3 is 25.6 Å². The molecule has 3 N–H and O–H groups in total. The van der Waals surface area contributed by atoms with Gasteiger partial charge in [0.05, 0.1) is 0 Å². The maximum Gasteiger partial charge on any atom is 0.242 e. The summed E-state index contributed by atoms with van der Waals surface area (Å²) < 4.78 is 0. The molecule has 2 amide bonds. The highest BCUT2D eigenvalue weighted by atomic mass is 16.2. The molecule has 26 heavy (non-hydrogen) atoms. The maximum absolute atomic E-state index is 11.0. The summed E-state index contributed by atoms with van der Waals surface area (Å²) in [6.45, 7) is 6.53. The lowest BCUT2D eigenvalue weighted by molar-refractivity contribution is -0.125. The Morgan fingerprint density at radius 2 is 2.12 bits per heavy atom. The van der Waals surface area contributed by atoms with Crippen LogP contribution in [0.15, 0.2) is 18.3 Å². The van der Waals surface area contributed by atoms with Crippen LogP contribution in [-0.4, -0.2) is 62.9 Å². The number of nitrogens with one attached hydrogen (secondary N) is 3. The van der Waals surface area contributed by atoms with Gasteiger partial charge in [0, 0.05) is 57.2 Å². The van der Waals surface area contributed by atoms with Gasteiger partial charge in [-0.25, -0.2) is 0 Å². The van der Waals surface area contributed by atoms with E-state index in [0.717, 1.165) is 32.6 Å². The van der Waals surface area contributed by atoms with E-state index in [9.17, 15) is 14.4 Å². The average Bonchev–Trinajstić information content (AvgIpc) is 2.71. The Labute approximate surface area is 154 Å². The summed E-state index contributed by atoms with van der Waals surface area (Å²) in [5.74, 6) is -0.288.